The van der Waals surface area contributed by atoms with Crippen molar-refractivity contribution in [2.45, 2.75) is 57.7 Å². The van der Waals surface area contributed by atoms with Gasteiger partial charge >= 0.3 is 0 Å². The second-order valence-electron chi connectivity index (χ2n) is 8.08. The van der Waals surface area contributed by atoms with Crippen LogP contribution in [-0.4, -0.2) is 40.3 Å². The molecule has 2 saturated heterocycles. The van der Waals surface area contributed by atoms with Crippen LogP contribution in [0.25, 0.3) is 20.7 Å². The first-order valence-electron chi connectivity index (χ1n) is 10.7. The van der Waals surface area contributed by atoms with Gasteiger partial charge in [-0.3, -0.25) is 14.3 Å². The van der Waals surface area contributed by atoms with Gasteiger partial charge in [-0.25, -0.2) is 4.98 Å². The molecule has 29 heavy (non-hydrogen) atoms. The molecular weight excluding hydrogens is 402 g/mol. The van der Waals surface area contributed by atoms with Crippen molar-refractivity contribution in [1.82, 2.24) is 14.5 Å². The van der Waals surface area contributed by atoms with Crippen LogP contribution in [0, 0.1) is 0 Å². The summed E-state index contributed by atoms with van der Waals surface area (Å²) in [7, 11) is 0. The molecule has 0 aliphatic carbocycles. The van der Waals surface area contributed by atoms with Gasteiger partial charge in [0.05, 0.1) is 24.6 Å². The number of rotatable bonds is 5. The summed E-state index contributed by atoms with van der Waals surface area (Å²) in [4.78, 5) is 23.2. The molecule has 2 aliphatic heterocycles. The molecule has 3 aromatic heterocycles. The Morgan fingerprint density at radius 1 is 1.14 bits per heavy atom. The first-order valence-corrected chi connectivity index (χ1v) is 12.4. The lowest BCUT2D eigenvalue weighted by molar-refractivity contribution is 0.00445. The van der Waals surface area contributed by atoms with Gasteiger partial charge in [-0.05, 0) is 56.6 Å². The first kappa shape index (κ1) is 19.4. The number of likely N-dealkylation sites (tertiary alicyclic amines) is 1. The van der Waals surface area contributed by atoms with Crippen LogP contribution in [0.5, 0.6) is 0 Å². The minimum Gasteiger partial charge on any atom is -0.376 e. The highest BCUT2D eigenvalue weighted by Gasteiger charge is 2.23. The minimum absolute atomic E-state index is 0.0980. The standard InChI is InChI=1S/C22H27N3O2S2/c26-22-20-17(18-8-6-12-28-18)15-29-21(20)23-19(14-24-9-3-1-4-10-24)25(22)13-16-7-2-5-11-27-16/h6,8,12,15-16H,1-5,7,9-11,13-14H2/t16-/m0/s1. The molecule has 3 aromatic rings. The molecule has 2 fully saturated rings. The van der Waals surface area contributed by atoms with Crippen molar-refractivity contribution in [1.29, 1.82) is 0 Å². The van der Waals surface area contributed by atoms with E-state index in [1.54, 1.807) is 22.7 Å². The van der Waals surface area contributed by atoms with Crippen LogP contribution in [0.1, 0.15) is 44.3 Å². The van der Waals surface area contributed by atoms with Crippen molar-refractivity contribution >= 4 is 32.9 Å². The summed E-state index contributed by atoms with van der Waals surface area (Å²) < 4.78 is 7.91. The molecule has 5 rings (SSSR count). The van der Waals surface area contributed by atoms with Crippen LogP contribution >= 0.6 is 22.7 Å². The van der Waals surface area contributed by atoms with Crippen molar-refractivity contribution < 1.29 is 4.74 Å². The second-order valence-corrected chi connectivity index (χ2v) is 9.88. The van der Waals surface area contributed by atoms with Gasteiger partial charge in [0.25, 0.3) is 5.56 Å². The van der Waals surface area contributed by atoms with Crippen LogP contribution in [0.3, 0.4) is 0 Å². The lowest BCUT2D eigenvalue weighted by Gasteiger charge is -2.28. The van der Waals surface area contributed by atoms with E-state index in [0.29, 0.717) is 6.54 Å². The average Bonchev–Trinajstić information content (AvgIpc) is 3.42. The number of nitrogens with zero attached hydrogens (tertiary/aromatic N) is 3. The molecular formula is C22H27N3O2S2. The molecule has 5 nitrogen and oxygen atoms in total. The lowest BCUT2D eigenvalue weighted by atomic mass is 10.1. The molecule has 0 amide bonds. The Hall–Kier alpha value is -1.54. The highest BCUT2D eigenvalue weighted by Crippen LogP contribution is 2.34. The summed E-state index contributed by atoms with van der Waals surface area (Å²) >= 11 is 3.27. The molecule has 7 heteroatoms. The van der Waals surface area contributed by atoms with Gasteiger partial charge < -0.3 is 4.74 Å². The summed E-state index contributed by atoms with van der Waals surface area (Å²) in [6.45, 7) is 4.36. The third-order valence-electron chi connectivity index (χ3n) is 6.03. The maximum absolute atomic E-state index is 13.7. The SMILES string of the molecule is O=c1c2c(-c3cccs3)csc2nc(CN2CCCCC2)n1C[C@@H]1CCCCO1. The molecule has 154 valence electrons. The predicted octanol–water partition coefficient (Wildman–Crippen LogP) is 4.74. The molecule has 0 radical (unpaired) electrons. The summed E-state index contributed by atoms with van der Waals surface area (Å²) in [5.41, 5.74) is 1.13. The number of thiophene rings is 2. The van der Waals surface area contributed by atoms with E-state index in [1.165, 1.54) is 25.7 Å². The van der Waals surface area contributed by atoms with E-state index < -0.39 is 0 Å². The Balaban J connectivity index is 1.57. The van der Waals surface area contributed by atoms with Gasteiger partial charge in [-0.15, -0.1) is 22.7 Å². The number of piperidine rings is 1. The monoisotopic (exact) mass is 429 g/mol. The van der Waals surface area contributed by atoms with Crippen molar-refractivity contribution in [2.24, 2.45) is 0 Å². The maximum Gasteiger partial charge on any atom is 0.263 e. The maximum atomic E-state index is 13.7. The quantitative estimate of drug-likeness (QED) is 0.588. The fraction of sp³-hybridized carbons (Fsp3) is 0.545. The van der Waals surface area contributed by atoms with E-state index in [-0.39, 0.29) is 11.7 Å². The van der Waals surface area contributed by atoms with Crippen molar-refractivity contribution in [3.05, 3.63) is 39.1 Å². The average molecular weight is 430 g/mol. The van der Waals surface area contributed by atoms with Crippen LogP contribution in [0.4, 0.5) is 0 Å². The molecule has 0 bridgehead atoms. The summed E-state index contributed by atoms with van der Waals surface area (Å²) in [5, 5.41) is 4.93. The Morgan fingerprint density at radius 3 is 2.79 bits per heavy atom. The Bertz CT molecular complexity index is 1010. The van der Waals surface area contributed by atoms with E-state index in [2.05, 4.69) is 21.7 Å². The highest BCUT2D eigenvalue weighted by atomic mass is 32.1. The van der Waals surface area contributed by atoms with E-state index in [9.17, 15) is 4.79 Å². The Kier molecular flexibility index (Phi) is 5.81. The van der Waals surface area contributed by atoms with Gasteiger partial charge in [0.2, 0.25) is 0 Å². The molecule has 0 spiro atoms. The minimum atomic E-state index is 0.0980. The zero-order valence-electron chi connectivity index (χ0n) is 16.6. The summed E-state index contributed by atoms with van der Waals surface area (Å²) in [6.07, 6.45) is 7.21. The Labute approximate surface area is 179 Å². The highest BCUT2D eigenvalue weighted by molar-refractivity contribution is 7.18. The number of ether oxygens (including phenoxy) is 1. The van der Waals surface area contributed by atoms with E-state index in [1.807, 2.05) is 10.6 Å². The van der Waals surface area contributed by atoms with Gasteiger partial charge in [0.15, 0.2) is 0 Å². The number of hydrogen-bond donors (Lipinski definition) is 0. The van der Waals surface area contributed by atoms with Crippen molar-refractivity contribution in [3.8, 4) is 10.4 Å². The van der Waals surface area contributed by atoms with Crippen LogP contribution in [-0.2, 0) is 17.8 Å². The molecule has 0 aromatic carbocycles. The zero-order chi connectivity index (χ0) is 19.6. The molecule has 5 heterocycles. The fourth-order valence-electron chi connectivity index (χ4n) is 4.46. The third kappa shape index (κ3) is 4.06. The second kappa shape index (κ2) is 8.68. The van der Waals surface area contributed by atoms with E-state index in [0.717, 1.165) is 65.6 Å². The number of hydrogen-bond acceptors (Lipinski definition) is 6. The summed E-state index contributed by atoms with van der Waals surface area (Å²) in [6, 6.07) is 4.12. The smallest absolute Gasteiger partial charge is 0.263 e. The summed E-state index contributed by atoms with van der Waals surface area (Å²) in [5.74, 6) is 0.901. The zero-order valence-corrected chi connectivity index (χ0v) is 18.3. The number of fused-ring (bicyclic) bond motifs is 1. The van der Waals surface area contributed by atoms with E-state index in [4.69, 9.17) is 9.72 Å². The lowest BCUT2D eigenvalue weighted by Crippen LogP contribution is -2.37. The van der Waals surface area contributed by atoms with Crippen LogP contribution < -0.4 is 5.56 Å². The molecule has 0 unspecified atom stereocenters. The van der Waals surface area contributed by atoms with Crippen LogP contribution in [0.15, 0.2) is 27.7 Å². The van der Waals surface area contributed by atoms with Crippen molar-refractivity contribution in [3.63, 3.8) is 0 Å². The van der Waals surface area contributed by atoms with Gasteiger partial charge in [-0.2, -0.15) is 0 Å². The fourth-order valence-corrected chi connectivity index (χ4v) is 6.23. The normalized spacial score (nSPS) is 21.0. The largest absolute Gasteiger partial charge is 0.376 e. The third-order valence-corrected chi connectivity index (χ3v) is 7.81. The molecule has 0 N–H and O–H groups in total. The Morgan fingerprint density at radius 2 is 2.03 bits per heavy atom. The van der Waals surface area contributed by atoms with Crippen LogP contribution in [0.2, 0.25) is 0 Å². The van der Waals surface area contributed by atoms with Gasteiger partial charge in [-0.1, -0.05) is 12.5 Å². The molecule has 1 atom stereocenters. The first-order chi connectivity index (χ1) is 14.3. The van der Waals surface area contributed by atoms with Gasteiger partial charge in [0.1, 0.15) is 10.7 Å². The van der Waals surface area contributed by atoms with Crippen molar-refractivity contribution in [2.75, 3.05) is 19.7 Å². The van der Waals surface area contributed by atoms with Gasteiger partial charge in [0, 0.05) is 22.4 Å². The van der Waals surface area contributed by atoms with E-state index >= 15 is 0 Å². The molecule has 2 aliphatic rings. The topological polar surface area (TPSA) is 47.4 Å². The number of aromatic nitrogens is 2. The predicted molar refractivity (Wildman–Crippen MR) is 120 cm³/mol. The molecule has 0 saturated carbocycles.